The van der Waals surface area contributed by atoms with Gasteiger partial charge in [0.2, 0.25) is 0 Å². The van der Waals surface area contributed by atoms with Gasteiger partial charge in [-0.2, -0.15) is 5.10 Å². The minimum atomic E-state index is 0.759. The molecule has 1 aliphatic rings. The summed E-state index contributed by atoms with van der Waals surface area (Å²) < 4.78 is 2.30. The minimum absolute atomic E-state index is 0.759. The van der Waals surface area contributed by atoms with Gasteiger partial charge in [-0.3, -0.25) is 4.68 Å². The van der Waals surface area contributed by atoms with Gasteiger partial charge in [0, 0.05) is 23.4 Å². The molecule has 0 amide bonds. The lowest BCUT2D eigenvalue weighted by Crippen LogP contribution is -2.20. The van der Waals surface area contributed by atoms with Crippen LogP contribution in [0.15, 0.2) is 54.6 Å². The summed E-state index contributed by atoms with van der Waals surface area (Å²) in [4.78, 5) is 0. The minimum Gasteiger partial charge on any atom is -0.268 e. The van der Waals surface area contributed by atoms with E-state index in [1.54, 1.807) is 0 Å². The highest BCUT2D eigenvalue weighted by Crippen LogP contribution is 2.38. The lowest BCUT2D eigenvalue weighted by molar-refractivity contribution is 0.235. The molecule has 29 heavy (non-hydrogen) atoms. The number of rotatable bonds is 6. The van der Waals surface area contributed by atoms with Crippen LogP contribution in [0.1, 0.15) is 56.7 Å². The van der Waals surface area contributed by atoms with Crippen LogP contribution in [0.25, 0.3) is 22.4 Å². The molecular weight excluding hydrogens is 352 g/mol. The highest BCUT2D eigenvalue weighted by molar-refractivity contribution is 5.84. The average molecular weight is 387 g/mol. The van der Waals surface area contributed by atoms with Gasteiger partial charge in [0.25, 0.3) is 0 Å². The molecule has 4 rings (SSSR count). The van der Waals surface area contributed by atoms with Crippen LogP contribution in [0.3, 0.4) is 0 Å². The fraction of sp³-hybridized carbons (Fsp3) is 0.444. The molecule has 0 N–H and O–H groups in total. The zero-order valence-electron chi connectivity index (χ0n) is 18.2. The third-order valence-electron chi connectivity index (χ3n) is 6.76. The molecule has 0 saturated heterocycles. The molecule has 3 aromatic rings. The van der Waals surface area contributed by atoms with Crippen LogP contribution >= 0.6 is 0 Å². The highest BCUT2D eigenvalue weighted by Gasteiger charge is 2.24. The maximum Gasteiger partial charge on any atom is 0.100 e. The van der Waals surface area contributed by atoms with E-state index in [-0.39, 0.29) is 0 Å². The van der Waals surface area contributed by atoms with Gasteiger partial charge in [-0.25, -0.2) is 0 Å². The molecule has 2 nitrogen and oxygen atoms in total. The Morgan fingerprint density at radius 3 is 2.21 bits per heavy atom. The molecule has 0 spiro atoms. The van der Waals surface area contributed by atoms with Gasteiger partial charge in [-0.05, 0) is 49.7 Å². The van der Waals surface area contributed by atoms with Crippen molar-refractivity contribution in [2.75, 3.05) is 0 Å². The summed E-state index contributed by atoms with van der Waals surface area (Å²) in [6, 6.07) is 19.4. The van der Waals surface area contributed by atoms with Crippen molar-refractivity contribution < 1.29 is 0 Å². The number of hydrogen-bond donors (Lipinski definition) is 0. The summed E-state index contributed by atoms with van der Waals surface area (Å²) in [6.07, 6.45) is 8.23. The van der Waals surface area contributed by atoms with Crippen molar-refractivity contribution in [3.8, 4) is 22.4 Å². The molecule has 1 aliphatic carbocycles. The SMILES string of the molecule is CCCC1CCC(Cn2nc(-c3ccccc3)c(-c3ccccc3C)c2C)CC1. The zero-order chi connectivity index (χ0) is 20.2. The Hall–Kier alpha value is -2.35. The van der Waals surface area contributed by atoms with E-state index in [0.717, 1.165) is 24.1 Å². The molecule has 1 aromatic heterocycles. The standard InChI is InChI=1S/C27H34N2/c1-4-10-22-15-17-23(18-16-22)19-29-21(3)26(25-14-9-8-11-20(25)2)27(28-29)24-12-6-5-7-13-24/h5-9,11-14,22-23H,4,10,15-19H2,1-3H3. The third-order valence-corrected chi connectivity index (χ3v) is 6.76. The van der Waals surface area contributed by atoms with Crippen LogP contribution in [-0.2, 0) is 6.54 Å². The number of aryl methyl sites for hydroxylation is 1. The van der Waals surface area contributed by atoms with E-state index in [4.69, 9.17) is 5.10 Å². The van der Waals surface area contributed by atoms with Crippen molar-refractivity contribution in [2.45, 2.75) is 65.8 Å². The predicted octanol–water partition coefficient (Wildman–Crippen LogP) is 7.44. The fourth-order valence-electron chi connectivity index (χ4n) is 5.05. The first-order chi connectivity index (χ1) is 14.2. The van der Waals surface area contributed by atoms with E-state index in [2.05, 4.69) is 80.1 Å². The van der Waals surface area contributed by atoms with Crippen LogP contribution < -0.4 is 0 Å². The Bertz CT molecular complexity index is 930. The summed E-state index contributed by atoms with van der Waals surface area (Å²) in [5.74, 6) is 1.72. The summed E-state index contributed by atoms with van der Waals surface area (Å²) in [7, 11) is 0. The molecule has 1 heterocycles. The lowest BCUT2D eigenvalue weighted by atomic mass is 9.80. The third kappa shape index (κ3) is 4.32. The van der Waals surface area contributed by atoms with Gasteiger partial charge in [0.05, 0.1) is 0 Å². The second kappa shape index (κ2) is 8.98. The second-order valence-electron chi connectivity index (χ2n) is 8.85. The van der Waals surface area contributed by atoms with Gasteiger partial charge in [0.1, 0.15) is 5.69 Å². The molecule has 2 heteroatoms. The molecule has 2 aromatic carbocycles. The monoisotopic (exact) mass is 386 g/mol. The fourth-order valence-corrected chi connectivity index (χ4v) is 5.05. The average Bonchev–Trinajstić information content (AvgIpc) is 3.07. The Morgan fingerprint density at radius 2 is 1.52 bits per heavy atom. The van der Waals surface area contributed by atoms with Crippen LogP contribution in [0.4, 0.5) is 0 Å². The van der Waals surface area contributed by atoms with Crippen molar-refractivity contribution >= 4 is 0 Å². The van der Waals surface area contributed by atoms with Gasteiger partial charge in [-0.1, -0.05) is 87.2 Å². The number of nitrogens with zero attached hydrogens (tertiary/aromatic N) is 2. The van der Waals surface area contributed by atoms with Crippen LogP contribution in [0.2, 0.25) is 0 Å². The van der Waals surface area contributed by atoms with Crippen molar-refractivity contribution in [3.63, 3.8) is 0 Å². The summed E-state index contributed by atoms with van der Waals surface area (Å²) in [5, 5.41) is 5.16. The van der Waals surface area contributed by atoms with Crippen molar-refractivity contribution in [1.29, 1.82) is 0 Å². The normalized spacial score (nSPS) is 19.4. The first kappa shape index (κ1) is 19.9. The number of benzene rings is 2. The van der Waals surface area contributed by atoms with E-state index in [1.807, 2.05) is 0 Å². The van der Waals surface area contributed by atoms with E-state index < -0.39 is 0 Å². The van der Waals surface area contributed by atoms with Crippen molar-refractivity contribution in [3.05, 3.63) is 65.9 Å². The first-order valence-corrected chi connectivity index (χ1v) is 11.4. The van der Waals surface area contributed by atoms with Crippen molar-refractivity contribution in [2.24, 2.45) is 11.8 Å². The molecule has 0 bridgehead atoms. The van der Waals surface area contributed by atoms with E-state index >= 15 is 0 Å². The molecule has 0 radical (unpaired) electrons. The highest BCUT2D eigenvalue weighted by atomic mass is 15.3. The summed E-state index contributed by atoms with van der Waals surface area (Å²) in [6.45, 7) is 7.83. The zero-order valence-corrected chi connectivity index (χ0v) is 18.2. The maximum absolute atomic E-state index is 5.16. The van der Waals surface area contributed by atoms with Gasteiger partial charge >= 0.3 is 0 Å². The number of aromatic nitrogens is 2. The molecule has 0 atom stereocenters. The Morgan fingerprint density at radius 1 is 0.862 bits per heavy atom. The van der Waals surface area contributed by atoms with E-state index in [9.17, 15) is 0 Å². The Kier molecular flexibility index (Phi) is 6.18. The molecular formula is C27H34N2. The van der Waals surface area contributed by atoms with Crippen LogP contribution in [-0.4, -0.2) is 9.78 Å². The van der Waals surface area contributed by atoms with Gasteiger partial charge in [0.15, 0.2) is 0 Å². The molecule has 1 saturated carbocycles. The van der Waals surface area contributed by atoms with E-state index in [0.29, 0.717) is 0 Å². The maximum atomic E-state index is 5.16. The molecule has 0 unspecified atom stereocenters. The largest absolute Gasteiger partial charge is 0.268 e. The Labute approximate surface area is 176 Å². The predicted molar refractivity (Wildman–Crippen MR) is 123 cm³/mol. The van der Waals surface area contributed by atoms with E-state index in [1.165, 1.54) is 66.5 Å². The quantitative estimate of drug-likeness (QED) is 0.430. The molecule has 1 fully saturated rings. The molecule has 152 valence electrons. The smallest absolute Gasteiger partial charge is 0.100 e. The number of hydrogen-bond acceptors (Lipinski definition) is 1. The first-order valence-electron chi connectivity index (χ1n) is 11.4. The second-order valence-corrected chi connectivity index (χ2v) is 8.85. The summed E-state index contributed by atoms with van der Waals surface area (Å²) in [5.41, 5.74) is 7.55. The molecule has 0 aliphatic heterocycles. The van der Waals surface area contributed by atoms with Crippen molar-refractivity contribution in [1.82, 2.24) is 9.78 Å². The Balaban J connectivity index is 1.67. The topological polar surface area (TPSA) is 17.8 Å². The van der Waals surface area contributed by atoms with Crippen LogP contribution in [0, 0.1) is 25.7 Å². The van der Waals surface area contributed by atoms with Crippen LogP contribution in [0.5, 0.6) is 0 Å². The summed E-state index contributed by atoms with van der Waals surface area (Å²) >= 11 is 0. The van der Waals surface area contributed by atoms with Gasteiger partial charge < -0.3 is 0 Å². The van der Waals surface area contributed by atoms with Gasteiger partial charge in [-0.15, -0.1) is 0 Å². The lowest BCUT2D eigenvalue weighted by Gasteiger charge is -2.28.